The van der Waals surface area contributed by atoms with Crippen LogP contribution in [0.4, 0.5) is 5.69 Å². The smallest absolute Gasteiger partial charge is 0.263 e. The van der Waals surface area contributed by atoms with Crippen LogP contribution in [0.25, 0.3) is 0 Å². The molecule has 0 bridgehead atoms. The van der Waals surface area contributed by atoms with Crippen LogP contribution >= 0.6 is 0 Å². The largest absolute Gasteiger partial charge is 0.336 e. The summed E-state index contributed by atoms with van der Waals surface area (Å²) in [4.78, 5) is 42.3. The zero-order valence-corrected chi connectivity index (χ0v) is 19.7. The highest BCUT2D eigenvalue weighted by Crippen LogP contribution is 2.18. The van der Waals surface area contributed by atoms with Gasteiger partial charge in [0.05, 0.1) is 13.1 Å². The first-order chi connectivity index (χ1) is 16.4. The number of anilines is 1. The predicted molar refractivity (Wildman–Crippen MR) is 133 cm³/mol. The van der Waals surface area contributed by atoms with Crippen molar-refractivity contribution in [1.82, 2.24) is 14.4 Å². The lowest BCUT2D eigenvalue weighted by Gasteiger charge is -2.34. The minimum atomic E-state index is -0.285. The predicted octanol–water partition coefficient (Wildman–Crippen LogP) is 2.91. The summed E-state index contributed by atoms with van der Waals surface area (Å²) in [5.74, 6) is -0.327. The maximum Gasteiger partial charge on any atom is 0.263 e. The van der Waals surface area contributed by atoms with Crippen LogP contribution in [0.15, 0.2) is 71.7 Å². The zero-order chi connectivity index (χ0) is 24.1. The Kier molecular flexibility index (Phi) is 7.23. The number of hydrogen-bond donors (Lipinski definition) is 1. The monoisotopic (exact) mass is 458 g/mol. The van der Waals surface area contributed by atoms with Gasteiger partial charge in [0.2, 0.25) is 5.91 Å². The molecule has 0 unspecified atom stereocenters. The molecule has 2 amide bonds. The highest BCUT2D eigenvalue weighted by molar-refractivity contribution is 5.94. The lowest BCUT2D eigenvalue weighted by Crippen LogP contribution is -2.51. The van der Waals surface area contributed by atoms with Gasteiger partial charge in [-0.1, -0.05) is 42.5 Å². The van der Waals surface area contributed by atoms with E-state index < -0.39 is 0 Å². The van der Waals surface area contributed by atoms with Gasteiger partial charge in [0, 0.05) is 38.1 Å². The van der Waals surface area contributed by atoms with Crippen molar-refractivity contribution >= 4 is 17.5 Å². The molecule has 7 nitrogen and oxygen atoms in total. The Morgan fingerprint density at radius 1 is 0.882 bits per heavy atom. The second-order valence-electron chi connectivity index (χ2n) is 8.70. The van der Waals surface area contributed by atoms with Gasteiger partial charge in [-0.15, -0.1) is 0 Å². The summed E-state index contributed by atoms with van der Waals surface area (Å²) >= 11 is 0. The van der Waals surface area contributed by atoms with E-state index in [1.807, 2.05) is 67.3 Å². The number of piperazine rings is 1. The molecule has 1 aliphatic heterocycles. The van der Waals surface area contributed by atoms with Gasteiger partial charge >= 0.3 is 0 Å². The first-order valence-electron chi connectivity index (χ1n) is 11.5. The van der Waals surface area contributed by atoms with Crippen molar-refractivity contribution in [2.45, 2.75) is 20.4 Å². The molecule has 2 aromatic carbocycles. The lowest BCUT2D eigenvalue weighted by molar-refractivity contribution is -0.117. The average Bonchev–Trinajstić information content (AvgIpc) is 2.84. The molecule has 176 valence electrons. The highest BCUT2D eigenvalue weighted by atomic mass is 16.2. The van der Waals surface area contributed by atoms with Crippen molar-refractivity contribution in [3.05, 3.63) is 99.5 Å². The van der Waals surface area contributed by atoms with Crippen LogP contribution in [0.1, 0.15) is 27.0 Å². The molecule has 2 heterocycles. The Hall–Kier alpha value is -3.71. The Morgan fingerprint density at radius 3 is 2.35 bits per heavy atom. The Labute approximate surface area is 199 Å². The molecule has 3 aromatic rings. The number of nitrogens with one attached hydrogen (secondary N) is 1. The van der Waals surface area contributed by atoms with Crippen molar-refractivity contribution in [2.24, 2.45) is 0 Å². The van der Waals surface area contributed by atoms with Gasteiger partial charge in [-0.05, 0) is 48.7 Å². The van der Waals surface area contributed by atoms with Crippen LogP contribution < -0.4 is 10.9 Å². The summed E-state index contributed by atoms with van der Waals surface area (Å²) in [5, 5.41) is 2.99. The third-order valence-corrected chi connectivity index (χ3v) is 6.35. The number of nitrogens with zero attached hydrogens (tertiary/aromatic N) is 3. The third-order valence-electron chi connectivity index (χ3n) is 6.35. The first kappa shape index (κ1) is 23.4. The van der Waals surface area contributed by atoms with Gasteiger partial charge in [0.25, 0.3) is 11.5 Å². The van der Waals surface area contributed by atoms with E-state index >= 15 is 0 Å². The van der Waals surface area contributed by atoms with Crippen LogP contribution in [-0.4, -0.2) is 58.9 Å². The number of aromatic nitrogens is 1. The molecule has 34 heavy (non-hydrogen) atoms. The average molecular weight is 459 g/mol. The lowest BCUT2D eigenvalue weighted by atomic mass is 10.1. The minimum Gasteiger partial charge on any atom is -0.336 e. The topological polar surface area (TPSA) is 74.7 Å². The van der Waals surface area contributed by atoms with E-state index in [0.29, 0.717) is 32.7 Å². The zero-order valence-electron chi connectivity index (χ0n) is 19.7. The molecule has 1 N–H and O–H groups in total. The standard InChI is InChI=1S/C27H30N4O3/c1-20-8-6-12-24(21(20)2)28-25(32)19-29-14-16-30(17-15-29)26(33)23-11-7-13-31(27(23)34)18-22-9-4-3-5-10-22/h3-13H,14-19H2,1-2H3,(H,28,32). The van der Waals surface area contributed by atoms with Crippen LogP contribution in [-0.2, 0) is 11.3 Å². The molecule has 1 fully saturated rings. The van der Waals surface area contributed by atoms with Gasteiger partial charge in [-0.2, -0.15) is 0 Å². The fourth-order valence-corrected chi connectivity index (χ4v) is 4.16. The number of rotatable bonds is 6. The van der Waals surface area contributed by atoms with Gasteiger partial charge < -0.3 is 14.8 Å². The molecule has 0 spiro atoms. The van der Waals surface area contributed by atoms with Crippen LogP contribution in [0.3, 0.4) is 0 Å². The molecule has 0 saturated carbocycles. The minimum absolute atomic E-state index is 0.0691. The Morgan fingerprint density at radius 2 is 1.62 bits per heavy atom. The van der Waals surface area contributed by atoms with Crippen molar-refractivity contribution < 1.29 is 9.59 Å². The molecular formula is C27H30N4O3. The van der Waals surface area contributed by atoms with Crippen molar-refractivity contribution in [1.29, 1.82) is 0 Å². The number of aryl methyl sites for hydroxylation is 1. The summed E-state index contributed by atoms with van der Waals surface area (Å²) in [6.45, 7) is 6.81. The van der Waals surface area contributed by atoms with Crippen LogP contribution in [0.2, 0.25) is 0 Å². The van der Waals surface area contributed by atoms with Crippen LogP contribution in [0.5, 0.6) is 0 Å². The van der Waals surface area contributed by atoms with E-state index in [0.717, 1.165) is 22.4 Å². The van der Waals surface area contributed by atoms with Gasteiger partial charge in [0.1, 0.15) is 5.56 Å². The number of pyridine rings is 1. The van der Waals surface area contributed by atoms with Gasteiger partial charge in [0.15, 0.2) is 0 Å². The summed E-state index contributed by atoms with van der Waals surface area (Å²) < 4.78 is 1.57. The molecule has 0 radical (unpaired) electrons. The Bertz CT molecular complexity index is 1230. The number of benzene rings is 2. The van der Waals surface area contributed by atoms with E-state index in [4.69, 9.17) is 0 Å². The van der Waals surface area contributed by atoms with E-state index in [2.05, 4.69) is 5.32 Å². The fourth-order valence-electron chi connectivity index (χ4n) is 4.16. The molecule has 1 aromatic heterocycles. The van der Waals surface area contributed by atoms with Crippen LogP contribution in [0, 0.1) is 13.8 Å². The first-order valence-corrected chi connectivity index (χ1v) is 11.5. The molecule has 1 saturated heterocycles. The summed E-state index contributed by atoms with van der Waals surface area (Å²) in [5.41, 5.74) is 3.92. The number of hydrogen-bond acceptors (Lipinski definition) is 4. The molecule has 1 aliphatic rings. The highest BCUT2D eigenvalue weighted by Gasteiger charge is 2.25. The number of carbonyl (C=O) groups is 2. The quantitative estimate of drug-likeness (QED) is 0.616. The molecule has 0 aliphatic carbocycles. The molecule has 0 atom stereocenters. The molecule has 4 rings (SSSR count). The maximum atomic E-state index is 13.1. The maximum absolute atomic E-state index is 13.1. The fraction of sp³-hybridized carbons (Fsp3) is 0.296. The van der Waals surface area contributed by atoms with E-state index in [-0.39, 0.29) is 29.5 Å². The van der Waals surface area contributed by atoms with E-state index in [1.165, 1.54) is 0 Å². The molecule has 7 heteroatoms. The second kappa shape index (κ2) is 10.5. The van der Waals surface area contributed by atoms with Crippen molar-refractivity contribution in [3.63, 3.8) is 0 Å². The van der Waals surface area contributed by atoms with Gasteiger partial charge in [-0.25, -0.2) is 0 Å². The Balaban J connectivity index is 1.34. The number of amides is 2. The summed E-state index contributed by atoms with van der Waals surface area (Å²) in [6.07, 6.45) is 1.71. The second-order valence-corrected chi connectivity index (χ2v) is 8.70. The summed E-state index contributed by atoms with van der Waals surface area (Å²) in [7, 11) is 0. The third kappa shape index (κ3) is 5.43. The SMILES string of the molecule is Cc1cccc(NC(=O)CN2CCN(C(=O)c3cccn(Cc4ccccc4)c3=O)CC2)c1C. The van der Waals surface area contributed by atoms with E-state index in [9.17, 15) is 14.4 Å². The normalized spacial score (nSPS) is 14.1. The molecular weight excluding hydrogens is 428 g/mol. The summed E-state index contributed by atoms with van der Waals surface area (Å²) in [6, 6.07) is 18.9. The van der Waals surface area contributed by atoms with Crippen molar-refractivity contribution in [3.8, 4) is 0 Å². The van der Waals surface area contributed by atoms with Crippen molar-refractivity contribution in [2.75, 3.05) is 38.0 Å². The van der Waals surface area contributed by atoms with E-state index in [1.54, 1.807) is 27.8 Å². The number of carbonyl (C=O) groups excluding carboxylic acids is 2. The van der Waals surface area contributed by atoms with Gasteiger partial charge in [-0.3, -0.25) is 19.3 Å².